The van der Waals surface area contributed by atoms with Crippen molar-refractivity contribution in [3.8, 4) is 27.8 Å². The van der Waals surface area contributed by atoms with Crippen LogP contribution in [0.2, 0.25) is 0 Å². The number of benzene rings is 1. The van der Waals surface area contributed by atoms with Crippen molar-refractivity contribution >= 4 is 17.2 Å². The fourth-order valence-electron chi connectivity index (χ4n) is 3.77. The number of likely N-dealkylation sites (tertiary alicyclic amines) is 1. The number of carbonyl (C=O) groups is 1. The molecule has 1 aliphatic heterocycles. The highest BCUT2D eigenvalue weighted by Crippen LogP contribution is 2.42. The van der Waals surface area contributed by atoms with E-state index in [4.69, 9.17) is 14.2 Å². The van der Waals surface area contributed by atoms with Crippen LogP contribution in [0.1, 0.15) is 35.1 Å². The number of methoxy groups -OCH3 is 3. The molecule has 0 aliphatic carbocycles. The van der Waals surface area contributed by atoms with Gasteiger partial charge in [0, 0.05) is 18.2 Å². The van der Waals surface area contributed by atoms with Crippen LogP contribution in [-0.4, -0.2) is 62.8 Å². The lowest BCUT2D eigenvalue weighted by Gasteiger charge is -2.22. The van der Waals surface area contributed by atoms with Gasteiger partial charge in [-0.1, -0.05) is 6.92 Å². The van der Waals surface area contributed by atoms with Crippen LogP contribution in [0.4, 0.5) is 0 Å². The standard InChI is InChI=1S/C21H29N3O4S/c1-6-24-9-7-8-15(24)12-22-20(25)19-13(2)23-21(29-19)14-10-16(26-3)18(28-5)17(11-14)27-4/h10-11,15H,6-9,12H2,1-5H3,(H,22,25)/t15-/m1/s1. The van der Waals surface area contributed by atoms with Gasteiger partial charge in [0.1, 0.15) is 9.88 Å². The largest absolute Gasteiger partial charge is 0.493 e. The lowest BCUT2D eigenvalue weighted by atomic mass is 10.2. The highest BCUT2D eigenvalue weighted by Gasteiger charge is 2.25. The molecule has 0 spiro atoms. The van der Waals surface area contributed by atoms with Crippen molar-refractivity contribution in [3.05, 3.63) is 22.7 Å². The molecule has 2 heterocycles. The zero-order valence-electron chi connectivity index (χ0n) is 17.7. The number of likely N-dealkylation sites (N-methyl/N-ethyl adjacent to an activating group) is 1. The Morgan fingerprint density at radius 2 is 1.93 bits per heavy atom. The van der Waals surface area contributed by atoms with Gasteiger partial charge in [-0.2, -0.15) is 0 Å². The van der Waals surface area contributed by atoms with Crippen LogP contribution in [0.25, 0.3) is 10.6 Å². The summed E-state index contributed by atoms with van der Waals surface area (Å²) in [5, 5.41) is 3.83. The molecule has 1 atom stereocenters. The van der Waals surface area contributed by atoms with Crippen molar-refractivity contribution in [2.24, 2.45) is 0 Å². The molecule has 0 radical (unpaired) electrons. The van der Waals surface area contributed by atoms with Crippen molar-refractivity contribution in [1.29, 1.82) is 0 Å². The smallest absolute Gasteiger partial charge is 0.263 e. The molecule has 0 bridgehead atoms. The molecular formula is C21H29N3O4S. The molecule has 8 heteroatoms. The Labute approximate surface area is 176 Å². The number of aromatic nitrogens is 1. The zero-order chi connectivity index (χ0) is 21.0. The van der Waals surface area contributed by atoms with Crippen LogP contribution in [0.15, 0.2) is 12.1 Å². The van der Waals surface area contributed by atoms with E-state index in [1.807, 2.05) is 19.1 Å². The van der Waals surface area contributed by atoms with Gasteiger partial charge in [-0.25, -0.2) is 4.98 Å². The molecule has 7 nitrogen and oxygen atoms in total. The van der Waals surface area contributed by atoms with Gasteiger partial charge in [-0.3, -0.25) is 9.69 Å². The van der Waals surface area contributed by atoms with E-state index in [9.17, 15) is 4.79 Å². The Morgan fingerprint density at radius 1 is 1.24 bits per heavy atom. The van der Waals surface area contributed by atoms with Gasteiger partial charge in [-0.05, 0) is 45.0 Å². The minimum atomic E-state index is -0.0679. The van der Waals surface area contributed by atoms with Crippen molar-refractivity contribution in [2.45, 2.75) is 32.7 Å². The van der Waals surface area contributed by atoms with E-state index in [1.54, 1.807) is 21.3 Å². The number of ether oxygens (including phenoxy) is 3. The third-order valence-electron chi connectivity index (χ3n) is 5.32. The van der Waals surface area contributed by atoms with Crippen molar-refractivity contribution in [2.75, 3.05) is 41.0 Å². The Morgan fingerprint density at radius 3 is 2.52 bits per heavy atom. The minimum Gasteiger partial charge on any atom is -0.493 e. The first-order chi connectivity index (χ1) is 14.0. The Bertz CT molecular complexity index is 843. The number of nitrogens with one attached hydrogen (secondary N) is 1. The van der Waals surface area contributed by atoms with Gasteiger partial charge in [0.15, 0.2) is 11.5 Å². The molecule has 3 rings (SSSR count). The second-order valence-electron chi connectivity index (χ2n) is 6.98. The molecule has 1 saturated heterocycles. The van der Waals surface area contributed by atoms with Gasteiger partial charge in [0.25, 0.3) is 5.91 Å². The molecule has 0 unspecified atom stereocenters. The zero-order valence-corrected chi connectivity index (χ0v) is 18.5. The van der Waals surface area contributed by atoms with E-state index in [-0.39, 0.29) is 5.91 Å². The van der Waals surface area contributed by atoms with Crippen LogP contribution in [0, 0.1) is 6.92 Å². The maximum atomic E-state index is 12.8. The van der Waals surface area contributed by atoms with Crippen molar-refractivity contribution < 1.29 is 19.0 Å². The van der Waals surface area contributed by atoms with Crippen molar-refractivity contribution in [3.63, 3.8) is 0 Å². The number of amides is 1. The van der Waals surface area contributed by atoms with E-state index >= 15 is 0 Å². The van der Waals surface area contributed by atoms with Gasteiger partial charge in [0.2, 0.25) is 5.75 Å². The molecule has 2 aromatic rings. The Hall–Kier alpha value is -2.32. The summed E-state index contributed by atoms with van der Waals surface area (Å²) < 4.78 is 16.2. The fourth-order valence-corrected chi connectivity index (χ4v) is 4.74. The summed E-state index contributed by atoms with van der Waals surface area (Å²) in [6.45, 7) is 6.83. The molecule has 1 fully saturated rings. The fraction of sp³-hybridized carbons (Fsp3) is 0.524. The molecule has 158 valence electrons. The quantitative estimate of drug-likeness (QED) is 0.707. The third kappa shape index (κ3) is 4.48. The summed E-state index contributed by atoms with van der Waals surface area (Å²) >= 11 is 1.37. The van der Waals surface area contributed by atoms with Gasteiger partial charge >= 0.3 is 0 Å². The van der Waals surface area contributed by atoms with Gasteiger partial charge < -0.3 is 19.5 Å². The number of hydrogen-bond acceptors (Lipinski definition) is 7. The summed E-state index contributed by atoms with van der Waals surface area (Å²) in [4.78, 5) is 20.4. The maximum Gasteiger partial charge on any atom is 0.263 e. The third-order valence-corrected chi connectivity index (χ3v) is 6.52. The number of hydrogen-bond donors (Lipinski definition) is 1. The van der Waals surface area contributed by atoms with E-state index in [2.05, 4.69) is 22.1 Å². The first-order valence-electron chi connectivity index (χ1n) is 9.82. The van der Waals surface area contributed by atoms with Crippen LogP contribution >= 0.6 is 11.3 Å². The normalized spacial score (nSPS) is 16.7. The molecule has 1 aromatic heterocycles. The summed E-state index contributed by atoms with van der Waals surface area (Å²) in [5.74, 6) is 1.58. The first-order valence-corrected chi connectivity index (χ1v) is 10.6. The predicted octanol–water partition coefficient (Wildman–Crippen LogP) is 3.36. The lowest BCUT2D eigenvalue weighted by Crippen LogP contribution is -2.39. The second kappa shape index (κ2) is 9.45. The molecule has 1 aliphatic rings. The van der Waals surface area contributed by atoms with Gasteiger partial charge in [0.05, 0.1) is 27.0 Å². The Balaban J connectivity index is 1.80. The molecule has 1 N–H and O–H groups in total. The number of carbonyl (C=O) groups excluding carboxylic acids is 1. The summed E-state index contributed by atoms with van der Waals surface area (Å²) in [7, 11) is 4.73. The number of aryl methyl sites for hydroxylation is 1. The minimum absolute atomic E-state index is 0.0679. The summed E-state index contributed by atoms with van der Waals surface area (Å²) in [6, 6.07) is 4.12. The average molecular weight is 420 g/mol. The van der Waals surface area contributed by atoms with Crippen LogP contribution in [0.3, 0.4) is 0 Å². The molecule has 0 saturated carbocycles. The van der Waals surface area contributed by atoms with E-state index in [0.29, 0.717) is 34.7 Å². The monoisotopic (exact) mass is 419 g/mol. The van der Waals surface area contributed by atoms with E-state index in [1.165, 1.54) is 17.8 Å². The second-order valence-corrected chi connectivity index (χ2v) is 7.98. The van der Waals surface area contributed by atoms with E-state index < -0.39 is 0 Å². The summed E-state index contributed by atoms with van der Waals surface area (Å²) in [5.41, 5.74) is 1.54. The number of thiazole rings is 1. The average Bonchev–Trinajstić information content (AvgIpc) is 3.36. The SMILES string of the molecule is CCN1CCC[C@@H]1CNC(=O)c1sc(-c2cc(OC)c(OC)c(OC)c2)nc1C. The highest BCUT2D eigenvalue weighted by molar-refractivity contribution is 7.17. The summed E-state index contributed by atoms with van der Waals surface area (Å²) in [6.07, 6.45) is 2.33. The highest BCUT2D eigenvalue weighted by atomic mass is 32.1. The predicted molar refractivity (Wildman–Crippen MR) is 115 cm³/mol. The molecule has 1 aromatic carbocycles. The Kier molecular flexibility index (Phi) is 6.97. The van der Waals surface area contributed by atoms with Crippen LogP contribution in [0.5, 0.6) is 17.2 Å². The van der Waals surface area contributed by atoms with Gasteiger partial charge in [-0.15, -0.1) is 11.3 Å². The maximum absolute atomic E-state index is 12.8. The van der Waals surface area contributed by atoms with Crippen molar-refractivity contribution in [1.82, 2.24) is 15.2 Å². The van der Waals surface area contributed by atoms with Crippen LogP contribution < -0.4 is 19.5 Å². The lowest BCUT2D eigenvalue weighted by molar-refractivity contribution is 0.0944. The number of rotatable bonds is 8. The topological polar surface area (TPSA) is 72.9 Å². The molecule has 1 amide bonds. The molecular weight excluding hydrogens is 390 g/mol. The number of nitrogens with zero attached hydrogens (tertiary/aromatic N) is 2. The van der Waals surface area contributed by atoms with E-state index in [0.717, 1.165) is 35.8 Å². The van der Waals surface area contributed by atoms with Crippen LogP contribution in [-0.2, 0) is 0 Å². The molecule has 29 heavy (non-hydrogen) atoms. The first kappa shape index (κ1) is 21.4.